The Morgan fingerprint density at radius 3 is 2.38 bits per heavy atom. The van der Waals surface area contributed by atoms with Crippen molar-refractivity contribution in [2.45, 2.75) is 11.5 Å². The first-order valence-electron chi connectivity index (χ1n) is 8.05. The molecule has 0 N–H and O–H groups in total. The summed E-state index contributed by atoms with van der Waals surface area (Å²) in [6.45, 7) is 0.153. The maximum atomic E-state index is 11.7. The molecular formula is C19H13BrCl2NO5S-. The average Bonchev–Trinajstić information content (AvgIpc) is 2.69. The zero-order valence-corrected chi connectivity index (χ0v) is 18.8. The second-order valence-corrected chi connectivity index (χ2v) is 8.28. The van der Waals surface area contributed by atoms with Gasteiger partial charge in [0.1, 0.15) is 12.4 Å². The molecule has 1 unspecified atom stereocenters. The minimum absolute atomic E-state index is 0.00659. The van der Waals surface area contributed by atoms with Gasteiger partial charge in [-0.2, -0.15) is 0 Å². The van der Waals surface area contributed by atoms with E-state index < -0.39 is 11.1 Å². The monoisotopic (exact) mass is 516 g/mol. The molecule has 1 atom stereocenters. The Morgan fingerprint density at radius 1 is 1.14 bits per heavy atom. The molecule has 0 bridgehead atoms. The van der Waals surface area contributed by atoms with E-state index in [2.05, 4.69) is 20.9 Å². The van der Waals surface area contributed by atoms with E-state index in [-0.39, 0.29) is 38.9 Å². The first-order chi connectivity index (χ1) is 13.9. The highest BCUT2D eigenvalue weighted by atomic mass is 79.9. The Bertz CT molecular complexity index is 1030. The van der Waals surface area contributed by atoms with Gasteiger partial charge < -0.3 is 18.8 Å². The molecule has 2 aromatic carbocycles. The van der Waals surface area contributed by atoms with Crippen molar-refractivity contribution in [3.8, 4) is 23.1 Å². The summed E-state index contributed by atoms with van der Waals surface area (Å²) in [6.07, 6.45) is 1.27. The number of pyridine rings is 1. The van der Waals surface area contributed by atoms with Crippen LogP contribution in [0.2, 0.25) is 10.0 Å². The summed E-state index contributed by atoms with van der Waals surface area (Å²) in [6, 6.07) is 11.6. The third kappa shape index (κ3) is 5.61. The zero-order chi connectivity index (χ0) is 21.0. The summed E-state index contributed by atoms with van der Waals surface area (Å²) in [4.78, 5) is 3.99. The van der Waals surface area contributed by atoms with Gasteiger partial charge in [-0.1, -0.05) is 51.3 Å². The number of aromatic nitrogens is 1. The van der Waals surface area contributed by atoms with Crippen molar-refractivity contribution < 1.29 is 23.0 Å². The topological polar surface area (TPSA) is 80.7 Å². The fraction of sp³-hybridized carbons (Fsp3) is 0.105. The number of rotatable bonds is 7. The SMILES string of the molecule is COc1ccc(COc2cnc(Oc3c(Cl)cc(Br)cc3Cl)cc2S(=O)[O-])cc1. The summed E-state index contributed by atoms with van der Waals surface area (Å²) < 4.78 is 40.3. The fourth-order valence-corrected chi connectivity index (χ4v) is 4.07. The van der Waals surface area contributed by atoms with Crippen LogP contribution in [0, 0.1) is 0 Å². The molecular weight excluding hydrogens is 505 g/mol. The highest BCUT2D eigenvalue weighted by molar-refractivity contribution is 9.10. The minimum atomic E-state index is -2.57. The summed E-state index contributed by atoms with van der Waals surface area (Å²) in [5.41, 5.74) is 0.835. The van der Waals surface area contributed by atoms with Crippen molar-refractivity contribution in [3.05, 3.63) is 68.7 Å². The third-order valence-corrected chi connectivity index (χ3v) is 5.41. The van der Waals surface area contributed by atoms with Gasteiger partial charge in [-0.25, -0.2) is 4.98 Å². The van der Waals surface area contributed by atoms with Crippen LogP contribution in [0.15, 0.2) is 58.0 Å². The molecule has 0 fully saturated rings. The van der Waals surface area contributed by atoms with Crippen molar-refractivity contribution in [1.29, 1.82) is 0 Å². The second-order valence-electron chi connectivity index (χ2n) is 5.64. The number of hydrogen-bond donors (Lipinski definition) is 0. The lowest BCUT2D eigenvalue weighted by Gasteiger charge is -2.15. The fourth-order valence-electron chi connectivity index (χ4n) is 2.31. The maximum Gasteiger partial charge on any atom is 0.220 e. The normalized spacial score (nSPS) is 11.8. The van der Waals surface area contributed by atoms with Gasteiger partial charge >= 0.3 is 0 Å². The van der Waals surface area contributed by atoms with Gasteiger partial charge in [-0.3, -0.25) is 4.21 Å². The van der Waals surface area contributed by atoms with Crippen LogP contribution in [0.1, 0.15) is 5.56 Å². The van der Waals surface area contributed by atoms with Gasteiger partial charge in [0.2, 0.25) is 5.88 Å². The maximum absolute atomic E-state index is 11.7. The number of halogens is 3. The predicted molar refractivity (Wildman–Crippen MR) is 113 cm³/mol. The Morgan fingerprint density at radius 2 is 1.79 bits per heavy atom. The van der Waals surface area contributed by atoms with Crippen LogP contribution in [0.4, 0.5) is 0 Å². The highest BCUT2D eigenvalue weighted by Crippen LogP contribution is 2.39. The molecule has 0 radical (unpaired) electrons. The largest absolute Gasteiger partial charge is 0.768 e. The predicted octanol–water partition coefficient (Wildman–Crippen LogP) is 5.77. The lowest BCUT2D eigenvalue weighted by molar-refractivity contribution is 0.294. The van der Waals surface area contributed by atoms with Crippen molar-refractivity contribution in [1.82, 2.24) is 4.98 Å². The third-order valence-electron chi connectivity index (χ3n) is 3.71. The molecule has 0 saturated heterocycles. The van der Waals surface area contributed by atoms with E-state index in [4.69, 9.17) is 37.4 Å². The van der Waals surface area contributed by atoms with E-state index in [0.29, 0.717) is 10.2 Å². The standard InChI is InChI=1S/C19H14BrCl2NO5S/c1-26-13-4-2-11(3-5-13)10-27-16-9-23-18(8-17(16)29(24)25)28-19-14(21)6-12(20)7-15(19)22/h2-9H,10H2,1H3,(H,24,25)/p-1. The molecule has 0 aliphatic carbocycles. The van der Waals surface area contributed by atoms with Crippen LogP contribution < -0.4 is 14.2 Å². The molecule has 10 heteroatoms. The quantitative estimate of drug-likeness (QED) is 0.370. The van der Waals surface area contributed by atoms with E-state index in [1.54, 1.807) is 31.4 Å². The van der Waals surface area contributed by atoms with Crippen molar-refractivity contribution in [2.75, 3.05) is 7.11 Å². The van der Waals surface area contributed by atoms with Crippen LogP contribution in [-0.4, -0.2) is 20.9 Å². The lowest BCUT2D eigenvalue weighted by atomic mass is 10.2. The molecule has 3 rings (SSSR count). The highest BCUT2D eigenvalue weighted by Gasteiger charge is 2.14. The van der Waals surface area contributed by atoms with E-state index in [9.17, 15) is 8.76 Å². The molecule has 0 aliphatic rings. The number of ether oxygens (including phenoxy) is 3. The van der Waals surface area contributed by atoms with Crippen LogP contribution in [0.5, 0.6) is 23.1 Å². The Balaban J connectivity index is 1.80. The zero-order valence-electron chi connectivity index (χ0n) is 14.9. The number of benzene rings is 2. The van der Waals surface area contributed by atoms with Crippen LogP contribution in [-0.2, 0) is 17.7 Å². The van der Waals surface area contributed by atoms with E-state index >= 15 is 0 Å². The molecule has 3 aromatic rings. The van der Waals surface area contributed by atoms with E-state index in [1.165, 1.54) is 12.3 Å². The summed E-state index contributed by atoms with van der Waals surface area (Å²) in [5, 5.41) is 0.492. The minimum Gasteiger partial charge on any atom is -0.768 e. The molecule has 0 aliphatic heterocycles. The molecule has 0 spiro atoms. The second kappa shape index (κ2) is 9.77. The van der Waals surface area contributed by atoms with E-state index in [0.717, 1.165) is 5.56 Å². The first-order valence-corrected chi connectivity index (χ1v) is 10.7. The molecule has 6 nitrogen and oxygen atoms in total. The first kappa shape index (κ1) is 21.9. The summed E-state index contributed by atoms with van der Waals surface area (Å²) in [5.74, 6) is 0.976. The van der Waals surface area contributed by atoms with Crippen molar-refractivity contribution in [2.24, 2.45) is 0 Å². The Kier molecular flexibility index (Phi) is 7.37. The molecule has 29 heavy (non-hydrogen) atoms. The van der Waals surface area contributed by atoms with E-state index in [1.807, 2.05) is 12.1 Å². The van der Waals surface area contributed by atoms with Crippen LogP contribution in [0.25, 0.3) is 0 Å². The number of hydrogen-bond acceptors (Lipinski definition) is 6. The van der Waals surface area contributed by atoms with Gasteiger partial charge in [-0.15, -0.1) is 0 Å². The van der Waals surface area contributed by atoms with Gasteiger partial charge in [-0.05, 0) is 40.9 Å². The Labute approximate surface area is 188 Å². The smallest absolute Gasteiger partial charge is 0.220 e. The lowest BCUT2D eigenvalue weighted by Crippen LogP contribution is -2.02. The van der Waals surface area contributed by atoms with Crippen molar-refractivity contribution in [3.63, 3.8) is 0 Å². The van der Waals surface area contributed by atoms with Crippen LogP contribution in [0.3, 0.4) is 0 Å². The molecule has 0 saturated carbocycles. The van der Waals surface area contributed by atoms with Crippen molar-refractivity contribution >= 4 is 50.2 Å². The molecule has 1 aromatic heterocycles. The van der Waals surface area contributed by atoms with Crippen LogP contribution >= 0.6 is 39.1 Å². The number of nitrogens with zero attached hydrogens (tertiary/aromatic N) is 1. The van der Waals surface area contributed by atoms with Gasteiger partial charge in [0, 0.05) is 10.5 Å². The van der Waals surface area contributed by atoms with Gasteiger partial charge in [0.15, 0.2) is 11.5 Å². The molecule has 1 heterocycles. The summed E-state index contributed by atoms with van der Waals surface area (Å²) in [7, 11) is 1.57. The Hall–Kier alpha value is -1.84. The van der Waals surface area contributed by atoms with Gasteiger partial charge in [0.25, 0.3) is 0 Å². The molecule has 152 valence electrons. The summed E-state index contributed by atoms with van der Waals surface area (Å²) >= 11 is 13.0. The van der Waals surface area contributed by atoms with Gasteiger partial charge in [0.05, 0.1) is 28.2 Å². The average molecular weight is 518 g/mol. The molecule has 0 amide bonds. The number of methoxy groups -OCH3 is 1.